The quantitative estimate of drug-likeness (QED) is 0.615. The second-order valence-corrected chi connectivity index (χ2v) is 4.01. The van der Waals surface area contributed by atoms with Crippen molar-refractivity contribution in [1.29, 1.82) is 0 Å². The predicted molar refractivity (Wildman–Crippen MR) is 50.6 cm³/mol. The predicted octanol–water partition coefficient (Wildman–Crippen LogP) is -0.410. The van der Waals surface area contributed by atoms with Crippen LogP contribution in [0.4, 0.5) is 4.39 Å². The zero-order valence-corrected chi connectivity index (χ0v) is 8.09. The van der Waals surface area contributed by atoms with Crippen molar-refractivity contribution < 1.29 is 4.39 Å². The summed E-state index contributed by atoms with van der Waals surface area (Å²) < 4.78 is 13.4. The van der Waals surface area contributed by atoms with E-state index < -0.39 is 6.17 Å². The van der Waals surface area contributed by atoms with E-state index in [0.29, 0.717) is 12.6 Å². The number of likely N-dealkylation sites (tertiary alicyclic amines) is 1. The zero-order valence-electron chi connectivity index (χ0n) is 8.09. The Hall–Kier alpha value is -0.190. The first-order valence-corrected chi connectivity index (χ1v) is 5.07. The molecule has 2 heterocycles. The van der Waals surface area contributed by atoms with Gasteiger partial charge in [-0.25, -0.2) is 4.39 Å². The third-order valence-corrected chi connectivity index (χ3v) is 3.20. The Labute approximate surface area is 78.7 Å². The number of nitrogens with one attached hydrogen (secondary N) is 2. The first-order valence-electron chi connectivity index (χ1n) is 5.07. The fraction of sp³-hybridized carbons (Fsp3) is 1.00. The van der Waals surface area contributed by atoms with Gasteiger partial charge < -0.3 is 10.6 Å². The largest absolute Gasteiger partial charge is 0.315 e. The van der Waals surface area contributed by atoms with Crippen LogP contribution in [0.5, 0.6) is 0 Å². The molecule has 0 unspecified atom stereocenters. The van der Waals surface area contributed by atoms with Crippen LogP contribution in [0.15, 0.2) is 0 Å². The van der Waals surface area contributed by atoms with Gasteiger partial charge in [0, 0.05) is 25.7 Å². The van der Waals surface area contributed by atoms with Crippen LogP contribution in [-0.2, 0) is 0 Å². The summed E-state index contributed by atoms with van der Waals surface area (Å²) in [6.45, 7) is 3.59. The highest BCUT2D eigenvalue weighted by molar-refractivity contribution is 4.93. The number of likely N-dealkylation sites (N-methyl/N-ethyl adjacent to an activating group) is 1. The van der Waals surface area contributed by atoms with Crippen LogP contribution in [0.1, 0.15) is 6.42 Å². The van der Waals surface area contributed by atoms with Crippen molar-refractivity contribution >= 4 is 0 Å². The first-order chi connectivity index (χ1) is 6.31. The summed E-state index contributed by atoms with van der Waals surface area (Å²) in [7, 11) is 1.84. The minimum Gasteiger partial charge on any atom is -0.315 e. The maximum atomic E-state index is 13.4. The maximum Gasteiger partial charge on any atom is 0.129 e. The van der Waals surface area contributed by atoms with Crippen molar-refractivity contribution in [3.63, 3.8) is 0 Å². The van der Waals surface area contributed by atoms with E-state index in [1.165, 1.54) is 6.42 Å². The Morgan fingerprint density at radius 3 is 2.85 bits per heavy atom. The van der Waals surface area contributed by atoms with Gasteiger partial charge in [0.2, 0.25) is 0 Å². The van der Waals surface area contributed by atoms with Gasteiger partial charge in [0.25, 0.3) is 0 Å². The Morgan fingerprint density at radius 1 is 1.46 bits per heavy atom. The molecule has 3 atom stereocenters. The van der Waals surface area contributed by atoms with E-state index in [2.05, 4.69) is 15.5 Å². The molecule has 0 radical (unpaired) electrons. The van der Waals surface area contributed by atoms with Gasteiger partial charge in [0.1, 0.15) is 6.17 Å². The molecular weight excluding hydrogens is 169 g/mol. The average Bonchev–Trinajstić information content (AvgIpc) is 2.71. The lowest BCUT2D eigenvalue weighted by Crippen LogP contribution is -2.37. The SMILES string of the molecule is CN[C@@H]1CN([C@H]2CCNC2)C[C@H]1F. The Balaban J connectivity index is 1.88. The van der Waals surface area contributed by atoms with Crippen molar-refractivity contribution in [2.45, 2.75) is 24.7 Å². The van der Waals surface area contributed by atoms with E-state index in [-0.39, 0.29) is 6.04 Å². The molecule has 4 heteroatoms. The van der Waals surface area contributed by atoms with E-state index in [1.54, 1.807) is 0 Å². The molecule has 0 amide bonds. The summed E-state index contributed by atoms with van der Waals surface area (Å²) >= 11 is 0. The fourth-order valence-corrected chi connectivity index (χ4v) is 2.31. The lowest BCUT2D eigenvalue weighted by Gasteiger charge is -2.22. The summed E-state index contributed by atoms with van der Waals surface area (Å²) in [5, 5.41) is 6.34. The van der Waals surface area contributed by atoms with E-state index in [9.17, 15) is 4.39 Å². The van der Waals surface area contributed by atoms with Gasteiger partial charge in [-0.15, -0.1) is 0 Å². The zero-order chi connectivity index (χ0) is 9.26. The standard InChI is InChI=1S/C9H18FN3/c1-11-9-6-13(5-8(9)10)7-2-3-12-4-7/h7-9,11-12H,2-6H2,1H3/t7-,8+,9+/m0/s1. The smallest absolute Gasteiger partial charge is 0.129 e. The second-order valence-electron chi connectivity index (χ2n) is 4.01. The van der Waals surface area contributed by atoms with Crippen molar-refractivity contribution in [3.05, 3.63) is 0 Å². The second kappa shape index (κ2) is 3.90. The number of hydrogen-bond donors (Lipinski definition) is 2. The van der Waals surface area contributed by atoms with Crippen molar-refractivity contribution in [3.8, 4) is 0 Å². The van der Waals surface area contributed by atoms with Crippen LogP contribution in [-0.4, -0.2) is 56.4 Å². The van der Waals surface area contributed by atoms with E-state index in [1.807, 2.05) is 7.05 Å². The normalized spacial score (nSPS) is 41.5. The van der Waals surface area contributed by atoms with Crippen LogP contribution in [0.2, 0.25) is 0 Å². The van der Waals surface area contributed by atoms with Crippen molar-refractivity contribution in [2.24, 2.45) is 0 Å². The van der Waals surface area contributed by atoms with Crippen LogP contribution >= 0.6 is 0 Å². The molecule has 2 fully saturated rings. The highest BCUT2D eigenvalue weighted by Gasteiger charge is 2.36. The molecule has 2 aliphatic rings. The van der Waals surface area contributed by atoms with Crippen LogP contribution in [0.25, 0.3) is 0 Å². The molecule has 2 saturated heterocycles. The molecule has 0 saturated carbocycles. The minimum absolute atomic E-state index is 0.0422. The molecule has 2 rings (SSSR count). The number of halogens is 1. The van der Waals surface area contributed by atoms with E-state index in [4.69, 9.17) is 0 Å². The van der Waals surface area contributed by atoms with Crippen molar-refractivity contribution in [2.75, 3.05) is 33.2 Å². The van der Waals surface area contributed by atoms with Gasteiger partial charge in [-0.05, 0) is 20.0 Å². The number of alkyl halides is 1. The molecule has 2 aliphatic heterocycles. The Kier molecular flexibility index (Phi) is 2.81. The molecule has 0 bridgehead atoms. The first kappa shape index (κ1) is 9.37. The molecule has 0 aromatic carbocycles. The number of rotatable bonds is 2. The Bertz CT molecular complexity index is 170. The molecule has 13 heavy (non-hydrogen) atoms. The third-order valence-electron chi connectivity index (χ3n) is 3.20. The molecule has 0 aliphatic carbocycles. The highest BCUT2D eigenvalue weighted by atomic mass is 19.1. The van der Waals surface area contributed by atoms with Gasteiger partial charge in [-0.1, -0.05) is 0 Å². The average molecular weight is 187 g/mol. The molecule has 2 N–H and O–H groups in total. The summed E-state index contributed by atoms with van der Waals surface area (Å²) in [5.74, 6) is 0. The van der Waals surface area contributed by atoms with Crippen molar-refractivity contribution in [1.82, 2.24) is 15.5 Å². The van der Waals surface area contributed by atoms with Gasteiger partial charge >= 0.3 is 0 Å². The lowest BCUT2D eigenvalue weighted by atomic mass is 10.2. The van der Waals surface area contributed by atoms with Gasteiger partial charge in [0.15, 0.2) is 0 Å². The van der Waals surface area contributed by atoms with Gasteiger partial charge in [0.05, 0.1) is 6.04 Å². The van der Waals surface area contributed by atoms with Gasteiger partial charge in [-0.2, -0.15) is 0 Å². The molecule has 0 aromatic heterocycles. The van der Waals surface area contributed by atoms with Crippen LogP contribution in [0, 0.1) is 0 Å². The molecule has 0 spiro atoms. The highest BCUT2D eigenvalue weighted by Crippen LogP contribution is 2.18. The number of hydrogen-bond acceptors (Lipinski definition) is 3. The van der Waals surface area contributed by atoms with Gasteiger partial charge in [-0.3, -0.25) is 4.90 Å². The summed E-state index contributed by atoms with van der Waals surface area (Å²) in [5.41, 5.74) is 0. The number of nitrogens with zero attached hydrogens (tertiary/aromatic N) is 1. The third kappa shape index (κ3) is 1.85. The monoisotopic (exact) mass is 187 g/mol. The molecule has 0 aromatic rings. The maximum absolute atomic E-state index is 13.4. The lowest BCUT2D eigenvalue weighted by molar-refractivity contribution is 0.232. The fourth-order valence-electron chi connectivity index (χ4n) is 2.31. The minimum atomic E-state index is -0.689. The summed E-state index contributed by atoms with van der Waals surface area (Å²) in [6.07, 6.45) is 0.481. The summed E-state index contributed by atoms with van der Waals surface area (Å²) in [6, 6.07) is 0.609. The summed E-state index contributed by atoms with van der Waals surface area (Å²) in [4.78, 5) is 2.27. The van der Waals surface area contributed by atoms with Crippen LogP contribution < -0.4 is 10.6 Å². The van der Waals surface area contributed by atoms with E-state index in [0.717, 1.165) is 19.6 Å². The molecule has 76 valence electrons. The Morgan fingerprint density at radius 2 is 2.31 bits per heavy atom. The molecule has 3 nitrogen and oxygen atoms in total. The van der Waals surface area contributed by atoms with Crippen LogP contribution in [0.3, 0.4) is 0 Å². The molecular formula is C9H18FN3. The van der Waals surface area contributed by atoms with E-state index >= 15 is 0 Å². The topological polar surface area (TPSA) is 27.3 Å².